The number of nitrogens with zero attached hydrogens (tertiary/aromatic N) is 1. The lowest BCUT2D eigenvalue weighted by Crippen LogP contribution is -2.23. The Morgan fingerprint density at radius 2 is 2.00 bits per heavy atom. The van der Waals surface area contributed by atoms with Gasteiger partial charge in [-0.05, 0) is 12.1 Å². The second-order valence-corrected chi connectivity index (χ2v) is 2.27. The molecule has 1 aromatic carbocycles. The standard InChI is InChI=1S/C8H8NO3/c10-8(11)6-9(12)7-4-2-1-3-5-7/h1-5H,6H2,(H,10,11)/q-1. The third kappa shape index (κ3) is 2.25. The van der Waals surface area contributed by atoms with Gasteiger partial charge in [-0.15, -0.1) is 0 Å². The second kappa shape index (κ2) is 3.73. The minimum Gasteiger partial charge on any atom is -0.758 e. The van der Waals surface area contributed by atoms with Gasteiger partial charge in [0.25, 0.3) is 0 Å². The van der Waals surface area contributed by atoms with Gasteiger partial charge in [0.2, 0.25) is 0 Å². The summed E-state index contributed by atoms with van der Waals surface area (Å²) < 4.78 is 0. The molecule has 4 nitrogen and oxygen atoms in total. The van der Waals surface area contributed by atoms with E-state index in [-0.39, 0.29) is 0 Å². The molecule has 0 aliphatic rings. The van der Waals surface area contributed by atoms with E-state index in [0.29, 0.717) is 10.8 Å². The summed E-state index contributed by atoms with van der Waals surface area (Å²) in [5.41, 5.74) is 0.361. The van der Waals surface area contributed by atoms with Crippen molar-refractivity contribution in [2.75, 3.05) is 11.6 Å². The topological polar surface area (TPSA) is 63.6 Å². The second-order valence-electron chi connectivity index (χ2n) is 2.27. The van der Waals surface area contributed by atoms with Crippen LogP contribution in [0.2, 0.25) is 0 Å². The van der Waals surface area contributed by atoms with Crippen molar-refractivity contribution in [3.8, 4) is 0 Å². The van der Waals surface area contributed by atoms with Gasteiger partial charge in [-0.25, -0.2) is 0 Å². The predicted molar refractivity (Wildman–Crippen MR) is 44.8 cm³/mol. The monoisotopic (exact) mass is 166 g/mol. The normalized spacial score (nSPS) is 9.42. The lowest BCUT2D eigenvalue weighted by Gasteiger charge is -2.28. The van der Waals surface area contributed by atoms with E-state index in [9.17, 15) is 10.0 Å². The molecule has 1 N–H and O–H groups in total. The molecule has 0 bridgehead atoms. The SMILES string of the molecule is O=C(O)CN([O-])c1ccccc1. The number of hydrogen-bond acceptors (Lipinski definition) is 3. The maximum Gasteiger partial charge on any atom is 0.322 e. The quantitative estimate of drug-likeness (QED) is 0.682. The molecule has 0 saturated heterocycles. The molecule has 1 rings (SSSR count). The van der Waals surface area contributed by atoms with Crippen LogP contribution in [0.3, 0.4) is 0 Å². The number of para-hydroxylation sites is 1. The third-order valence-electron chi connectivity index (χ3n) is 1.32. The molecule has 0 radical (unpaired) electrons. The van der Waals surface area contributed by atoms with Gasteiger partial charge in [0.1, 0.15) is 6.54 Å². The van der Waals surface area contributed by atoms with Crippen molar-refractivity contribution in [1.29, 1.82) is 0 Å². The number of carboxylic acid groups (broad SMARTS) is 1. The van der Waals surface area contributed by atoms with Crippen molar-refractivity contribution >= 4 is 11.7 Å². The smallest absolute Gasteiger partial charge is 0.322 e. The Labute approximate surface area is 69.6 Å². The molecule has 0 aliphatic carbocycles. The molecule has 1 aromatic rings. The number of carbonyl (C=O) groups is 1. The van der Waals surface area contributed by atoms with E-state index in [2.05, 4.69) is 0 Å². The Hall–Kier alpha value is -1.55. The highest BCUT2D eigenvalue weighted by Crippen LogP contribution is 2.10. The first-order chi connectivity index (χ1) is 5.70. The first kappa shape index (κ1) is 8.55. The van der Waals surface area contributed by atoms with Gasteiger partial charge in [0, 0.05) is 5.69 Å². The van der Waals surface area contributed by atoms with Crippen LogP contribution in [-0.4, -0.2) is 17.6 Å². The number of hydrogen-bond donors (Lipinski definition) is 1. The molecule has 0 aliphatic heterocycles. The van der Waals surface area contributed by atoms with Crippen molar-refractivity contribution in [1.82, 2.24) is 0 Å². The minimum atomic E-state index is -1.13. The molecule has 0 saturated carbocycles. The van der Waals surface area contributed by atoms with Crippen LogP contribution in [0.5, 0.6) is 0 Å². The summed E-state index contributed by atoms with van der Waals surface area (Å²) in [4.78, 5) is 10.1. The predicted octanol–water partition coefficient (Wildman–Crippen LogP) is 1.08. The zero-order valence-electron chi connectivity index (χ0n) is 6.30. The van der Waals surface area contributed by atoms with Gasteiger partial charge in [-0.2, -0.15) is 0 Å². The molecule has 0 heterocycles. The highest BCUT2D eigenvalue weighted by Gasteiger charge is 1.98. The fraction of sp³-hybridized carbons (Fsp3) is 0.125. The van der Waals surface area contributed by atoms with E-state index in [1.807, 2.05) is 0 Å². The van der Waals surface area contributed by atoms with E-state index in [1.165, 1.54) is 0 Å². The average molecular weight is 166 g/mol. The largest absolute Gasteiger partial charge is 0.758 e. The maximum absolute atomic E-state index is 11.0. The summed E-state index contributed by atoms with van der Waals surface area (Å²) in [5.74, 6) is -1.13. The molecule has 4 heteroatoms. The van der Waals surface area contributed by atoms with Crippen LogP contribution in [-0.2, 0) is 4.79 Å². The number of aliphatic carboxylic acids is 1. The Kier molecular flexibility index (Phi) is 2.66. The molecule has 12 heavy (non-hydrogen) atoms. The maximum atomic E-state index is 11.0. The van der Waals surface area contributed by atoms with Crippen molar-refractivity contribution in [2.45, 2.75) is 0 Å². The fourth-order valence-electron chi connectivity index (χ4n) is 0.808. The summed E-state index contributed by atoms with van der Waals surface area (Å²) in [6, 6.07) is 8.26. The summed E-state index contributed by atoms with van der Waals surface area (Å²) in [6.45, 7) is -0.524. The van der Waals surface area contributed by atoms with Crippen molar-refractivity contribution in [3.63, 3.8) is 0 Å². The lowest BCUT2D eigenvalue weighted by molar-refractivity contribution is -0.135. The summed E-state index contributed by atoms with van der Waals surface area (Å²) in [6.07, 6.45) is 0. The van der Waals surface area contributed by atoms with Gasteiger partial charge in [-0.3, -0.25) is 4.79 Å². The van der Waals surface area contributed by atoms with Crippen LogP contribution in [0.15, 0.2) is 30.3 Å². The number of rotatable bonds is 3. The van der Waals surface area contributed by atoms with Crippen molar-refractivity contribution in [3.05, 3.63) is 35.5 Å². The first-order valence-electron chi connectivity index (χ1n) is 3.41. The van der Waals surface area contributed by atoms with Crippen LogP contribution in [0.4, 0.5) is 5.69 Å². The van der Waals surface area contributed by atoms with Crippen LogP contribution in [0.25, 0.3) is 0 Å². The van der Waals surface area contributed by atoms with E-state index in [0.717, 1.165) is 0 Å². The molecule has 0 atom stereocenters. The fourth-order valence-corrected chi connectivity index (χ4v) is 0.808. The molecule has 0 spiro atoms. The average Bonchev–Trinajstić information content (AvgIpc) is 2.05. The van der Waals surface area contributed by atoms with E-state index in [4.69, 9.17) is 5.11 Å². The lowest BCUT2D eigenvalue weighted by atomic mass is 10.3. The van der Waals surface area contributed by atoms with Crippen LogP contribution >= 0.6 is 0 Å². The van der Waals surface area contributed by atoms with Gasteiger partial charge in [0.15, 0.2) is 0 Å². The third-order valence-corrected chi connectivity index (χ3v) is 1.32. The number of hydroxylamine groups is 1. The molecule has 0 aromatic heterocycles. The van der Waals surface area contributed by atoms with Gasteiger partial charge >= 0.3 is 5.97 Å². The number of benzene rings is 1. The highest BCUT2D eigenvalue weighted by atomic mass is 16.5. The molecule has 0 fully saturated rings. The van der Waals surface area contributed by atoms with E-state index < -0.39 is 12.5 Å². The Morgan fingerprint density at radius 1 is 1.42 bits per heavy atom. The van der Waals surface area contributed by atoms with Crippen LogP contribution in [0.1, 0.15) is 0 Å². The zero-order chi connectivity index (χ0) is 8.97. The summed E-state index contributed by atoms with van der Waals surface area (Å²) in [7, 11) is 0. The van der Waals surface area contributed by atoms with E-state index >= 15 is 0 Å². The highest BCUT2D eigenvalue weighted by molar-refractivity contribution is 5.73. The Balaban J connectivity index is 2.65. The molecule has 0 unspecified atom stereocenters. The summed E-state index contributed by atoms with van der Waals surface area (Å²) >= 11 is 0. The molecule has 64 valence electrons. The Morgan fingerprint density at radius 3 is 2.50 bits per heavy atom. The van der Waals surface area contributed by atoms with Crippen molar-refractivity contribution < 1.29 is 9.90 Å². The van der Waals surface area contributed by atoms with Crippen LogP contribution in [0, 0.1) is 5.21 Å². The van der Waals surface area contributed by atoms with Crippen molar-refractivity contribution in [2.24, 2.45) is 0 Å². The number of anilines is 1. The summed E-state index contributed by atoms with van der Waals surface area (Å²) in [5, 5.41) is 19.7. The van der Waals surface area contributed by atoms with Gasteiger partial charge in [0.05, 0.1) is 0 Å². The zero-order valence-corrected chi connectivity index (χ0v) is 6.30. The van der Waals surface area contributed by atoms with Gasteiger partial charge in [-0.1, -0.05) is 18.2 Å². The molecule has 0 amide bonds. The number of carboxylic acids is 1. The molecular weight excluding hydrogens is 158 g/mol. The minimum absolute atomic E-state index is 0.361. The molecular formula is C8H8NO3-. The Bertz CT molecular complexity index is 260. The van der Waals surface area contributed by atoms with Crippen LogP contribution < -0.4 is 5.06 Å². The van der Waals surface area contributed by atoms with Gasteiger partial charge < -0.3 is 15.4 Å². The first-order valence-corrected chi connectivity index (χ1v) is 3.41. The van der Waals surface area contributed by atoms with E-state index in [1.54, 1.807) is 30.3 Å².